The number of hydrogen-bond acceptors (Lipinski definition) is 2. The van der Waals surface area contributed by atoms with Crippen LogP contribution in [-0.2, 0) is 4.79 Å². The van der Waals surface area contributed by atoms with Gasteiger partial charge in [-0.05, 0) is 38.8 Å². The van der Waals surface area contributed by atoms with Crippen LogP contribution in [0.1, 0.15) is 38.5 Å². The zero-order valence-corrected chi connectivity index (χ0v) is 9.67. The molecule has 1 fully saturated rings. The second-order valence-electron chi connectivity index (χ2n) is 4.44. The van der Waals surface area contributed by atoms with Crippen molar-refractivity contribution in [3.63, 3.8) is 0 Å². The zero-order chi connectivity index (χ0) is 12.9. The van der Waals surface area contributed by atoms with Crippen LogP contribution < -0.4 is 0 Å². The maximum atomic E-state index is 12.7. The minimum absolute atomic E-state index is 0.0323. The van der Waals surface area contributed by atoms with E-state index in [9.17, 15) is 18.0 Å². The van der Waals surface area contributed by atoms with Crippen molar-refractivity contribution in [2.75, 3.05) is 13.1 Å². The number of carboxylic acid groups (broad SMARTS) is 1. The van der Waals surface area contributed by atoms with Crippen LogP contribution in [0.25, 0.3) is 0 Å². The van der Waals surface area contributed by atoms with Gasteiger partial charge in [0.1, 0.15) is 6.04 Å². The van der Waals surface area contributed by atoms with Crippen molar-refractivity contribution in [2.24, 2.45) is 0 Å². The molecule has 0 unspecified atom stereocenters. The molecule has 1 N–H and O–H groups in total. The molecule has 0 amide bonds. The van der Waals surface area contributed by atoms with Crippen LogP contribution in [0.2, 0.25) is 0 Å². The summed E-state index contributed by atoms with van der Waals surface area (Å²) in [6.07, 6.45) is -1.59. The molecule has 17 heavy (non-hydrogen) atoms. The van der Waals surface area contributed by atoms with E-state index in [-0.39, 0.29) is 12.8 Å². The van der Waals surface area contributed by atoms with Crippen molar-refractivity contribution >= 4 is 5.97 Å². The Labute approximate surface area is 98.6 Å². The summed E-state index contributed by atoms with van der Waals surface area (Å²) in [5.74, 6) is -0.893. The van der Waals surface area contributed by atoms with Gasteiger partial charge in [-0.25, -0.2) is 0 Å². The molecule has 1 atom stereocenters. The van der Waals surface area contributed by atoms with E-state index in [1.807, 2.05) is 0 Å². The lowest BCUT2D eigenvalue weighted by molar-refractivity contribution is -0.191. The molecule has 1 rings (SSSR count). The van der Waals surface area contributed by atoms with Crippen LogP contribution in [0.15, 0.2) is 0 Å². The summed E-state index contributed by atoms with van der Waals surface area (Å²) in [6, 6.07) is -1.33. The second kappa shape index (κ2) is 6.23. The number of nitrogens with zero attached hydrogens (tertiary/aromatic N) is 1. The summed E-state index contributed by atoms with van der Waals surface area (Å²) in [5.41, 5.74) is 0. The highest BCUT2D eigenvalue weighted by Gasteiger charge is 2.43. The fraction of sp³-hybridized carbons (Fsp3) is 0.909. The van der Waals surface area contributed by atoms with Gasteiger partial charge < -0.3 is 5.11 Å². The number of unbranched alkanes of at least 4 members (excludes halogenated alkanes) is 1. The lowest BCUT2D eigenvalue weighted by Gasteiger charge is -2.36. The van der Waals surface area contributed by atoms with Crippen molar-refractivity contribution in [2.45, 2.75) is 50.7 Å². The number of alkyl halides is 3. The van der Waals surface area contributed by atoms with Gasteiger partial charge in [-0.1, -0.05) is 6.42 Å². The second-order valence-corrected chi connectivity index (χ2v) is 4.44. The molecule has 100 valence electrons. The first-order valence-electron chi connectivity index (χ1n) is 5.94. The Morgan fingerprint density at radius 3 is 2.59 bits per heavy atom. The van der Waals surface area contributed by atoms with Gasteiger partial charge in [0.2, 0.25) is 0 Å². The van der Waals surface area contributed by atoms with Gasteiger partial charge in [0, 0.05) is 6.42 Å². The van der Waals surface area contributed by atoms with Crippen molar-refractivity contribution < 1.29 is 23.1 Å². The van der Waals surface area contributed by atoms with E-state index in [1.165, 1.54) is 4.90 Å². The lowest BCUT2D eigenvalue weighted by Crippen LogP contribution is -2.48. The minimum Gasteiger partial charge on any atom is -0.481 e. The summed E-state index contributed by atoms with van der Waals surface area (Å²) in [7, 11) is 0. The van der Waals surface area contributed by atoms with Gasteiger partial charge in [0.25, 0.3) is 0 Å². The number of carbonyl (C=O) groups is 1. The number of likely N-dealkylation sites (tertiary alicyclic amines) is 1. The largest absolute Gasteiger partial charge is 0.481 e. The smallest absolute Gasteiger partial charge is 0.404 e. The molecule has 1 aliphatic heterocycles. The first-order chi connectivity index (χ1) is 7.91. The summed E-state index contributed by atoms with van der Waals surface area (Å²) >= 11 is 0. The van der Waals surface area contributed by atoms with Gasteiger partial charge in [0.15, 0.2) is 0 Å². The van der Waals surface area contributed by atoms with Gasteiger partial charge in [-0.15, -0.1) is 0 Å². The molecule has 0 aliphatic carbocycles. The van der Waals surface area contributed by atoms with E-state index in [4.69, 9.17) is 5.11 Å². The Kier molecular flexibility index (Phi) is 5.24. The Bertz CT molecular complexity index is 256. The van der Waals surface area contributed by atoms with Crippen LogP contribution in [0, 0.1) is 0 Å². The quantitative estimate of drug-likeness (QED) is 0.766. The zero-order valence-electron chi connectivity index (χ0n) is 9.67. The van der Waals surface area contributed by atoms with Crippen molar-refractivity contribution in [3.8, 4) is 0 Å². The van der Waals surface area contributed by atoms with Gasteiger partial charge >= 0.3 is 12.1 Å². The molecule has 0 bridgehead atoms. The summed E-state index contributed by atoms with van der Waals surface area (Å²) in [5, 5.41) is 8.44. The number of aliphatic carboxylic acids is 1. The average molecular weight is 253 g/mol. The number of carboxylic acids is 1. The first-order valence-corrected chi connectivity index (χ1v) is 5.94. The highest BCUT2D eigenvalue weighted by molar-refractivity contribution is 5.66. The predicted octanol–water partition coefficient (Wildman–Crippen LogP) is 2.66. The number of piperidine rings is 1. The Morgan fingerprint density at radius 1 is 1.29 bits per heavy atom. The molecule has 3 nitrogen and oxygen atoms in total. The SMILES string of the molecule is O=C(O)CCCCN1CCCC[C@H]1C(F)(F)F. The van der Waals surface area contributed by atoms with E-state index in [1.54, 1.807) is 0 Å². The minimum atomic E-state index is -4.16. The molecule has 0 radical (unpaired) electrons. The van der Waals surface area contributed by atoms with Crippen LogP contribution >= 0.6 is 0 Å². The molecule has 0 aromatic heterocycles. The molecule has 1 heterocycles. The Balaban J connectivity index is 2.35. The average Bonchev–Trinajstić information content (AvgIpc) is 2.23. The number of hydrogen-bond donors (Lipinski definition) is 1. The molecule has 1 saturated heterocycles. The monoisotopic (exact) mass is 253 g/mol. The third-order valence-corrected chi connectivity index (χ3v) is 3.08. The highest BCUT2D eigenvalue weighted by atomic mass is 19.4. The van der Waals surface area contributed by atoms with Gasteiger partial charge in [-0.3, -0.25) is 9.69 Å². The summed E-state index contributed by atoms with van der Waals surface area (Å²) in [6.45, 7) is 0.814. The topological polar surface area (TPSA) is 40.5 Å². The summed E-state index contributed by atoms with van der Waals surface area (Å²) in [4.78, 5) is 11.7. The van der Waals surface area contributed by atoms with E-state index in [2.05, 4.69) is 0 Å². The maximum absolute atomic E-state index is 12.7. The Morgan fingerprint density at radius 2 is 2.00 bits per heavy atom. The third kappa shape index (κ3) is 4.93. The maximum Gasteiger partial charge on any atom is 0.404 e. The molecular weight excluding hydrogens is 235 g/mol. The fourth-order valence-corrected chi connectivity index (χ4v) is 2.22. The lowest BCUT2D eigenvalue weighted by atomic mass is 10.0. The third-order valence-electron chi connectivity index (χ3n) is 3.08. The van der Waals surface area contributed by atoms with Crippen LogP contribution in [0.5, 0.6) is 0 Å². The van der Waals surface area contributed by atoms with Crippen LogP contribution in [0.4, 0.5) is 13.2 Å². The predicted molar refractivity (Wildman–Crippen MR) is 56.8 cm³/mol. The van der Waals surface area contributed by atoms with Crippen LogP contribution in [0.3, 0.4) is 0 Å². The van der Waals surface area contributed by atoms with Gasteiger partial charge in [-0.2, -0.15) is 13.2 Å². The molecule has 0 aromatic rings. The van der Waals surface area contributed by atoms with Crippen molar-refractivity contribution in [1.29, 1.82) is 0 Å². The van der Waals surface area contributed by atoms with Crippen molar-refractivity contribution in [3.05, 3.63) is 0 Å². The standard InChI is InChI=1S/C11H18F3NO2/c12-11(13,14)9-5-1-3-7-15(9)8-4-2-6-10(16)17/h9H,1-8H2,(H,16,17)/t9-/m0/s1. The fourth-order valence-electron chi connectivity index (χ4n) is 2.22. The number of halogens is 3. The number of rotatable bonds is 5. The molecule has 6 heteroatoms. The van der Waals surface area contributed by atoms with Crippen LogP contribution in [-0.4, -0.2) is 41.3 Å². The first kappa shape index (κ1) is 14.3. The van der Waals surface area contributed by atoms with E-state index < -0.39 is 18.2 Å². The summed E-state index contributed by atoms with van der Waals surface area (Å²) < 4.78 is 38.1. The molecule has 0 saturated carbocycles. The normalized spacial score (nSPS) is 22.6. The molecule has 0 aromatic carbocycles. The molecule has 1 aliphatic rings. The van der Waals surface area contributed by atoms with E-state index in [0.717, 1.165) is 6.42 Å². The highest BCUT2D eigenvalue weighted by Crippen LogP contribution is 2.31. The van der Waals surface area contributed by atoms with E-state index in [0.29, 0.717) is 32.4 Å². The molecule has 0 spiro atoms. The molecular formula is C11H18F3NO2. The van der Waals surface area contributed by atoms with Crippen molar-refractivity contribution in [1.82, 2.24) is 4.90 Å². The Hall–Kier alpha value is -0.780. The van der Waals surface area contributed by atoms with Gasteiger partial charge in [0.05, 0.1) is 0 Å². The van der Waals surface area contributed by atoms with E-state index >= 15 is 0 Å².